The lowest BCUT2D eigenvalue weighted by Crippen LogP contribution is -2.39. The first-order chi connectivity index (χ1) is 20.9. The summed E-state index contributed by atoms with van der Waals surface area (Å²) in [7, 11) is 0. The van der Waals surface area contributed by atoms with Crippen molar-refractivity contribution in [3.8, 4) is 0 Å². The fraction of sp³-hybridized carbons (Fsp3) is 0.500. The number of hydrogen-bond donors (Lipinski definition) is 0. The standard InChI is InChI=1S/C32H38F3N5O4/c1-31(2,3)44-30(42)40-15-7-14-38(18-19-40)26-11-10-22(21-36-26)20-25(41)27-28(32(33,34)35)37-29(43-27)39-16-12-24(13-17-39)23-8-5-4-6-9-23/h4-6,8-11,21,24H,7,12-20H2,1-3H3. The molecule has 0 unspecified atom stereocenters. The van der Waals surface area contributed by atoms with Gasteiger partial charge >= 0.3 is 12.3 Å². The van der Waals surface area contributed by atoms with Gasteiger partial charge in [-0.3, -0.25) is 4.79 Å². The average molecular weight is 614 g/mol. The lowest BCUT2D eigenvalue weighted by Gasteiger charge is -2.31. The molecule has 2 saturated heterocycles. The van der Waals surface area contributed by atoms with Crippen LogP contribution in [0.25, 0.3) is 0 Å². The Morgan fingerprint density at radius 1 is 0.932 bits per heavy atom. The number of aromatic nitrogens is 2. The Morgan fingerprint density at radius 2 is 1.66 bits per heavy atom. The third kappa shape index (κ3) is 7.70. The molecule has 2 fully saturated rings. The molecule has 0 bridgehead atoms. The maximum absolute atomic E-state index is 13.9. The Kier molecular flexibility index (Phi) is 9.17. The molecule has 1 amide bonds. The number of pyridine rings is 1. The number of ether oxygens (including phenoxy) is 1. The number of carbonyl (C=O) groups is 2. The largest absolute Gasteiger partial charge is 0.444 e. The van der Waals surface area contributed by atoms with Crippen molar-refractivity contribution in [3.05, 3.63) is 71.2 Å². The number of Topliss-reactive ketones (excluding diaryl/α,β-unsaturated/α-hetero) is 1. The first kappa shape index (κ1) is 31.3. The van der Waals surface area contributed by atoms with Crippen LogP contribution >= 0.6 is 0 Å². The zero-order chi connectivity index (χ0) is 31.5. The summed E-state index contributed by atoms with van der Waals surface area (Å²) >= 11 is 0. The van der Waals surface area contributed by atoms with E-state index < -0.39 is 29.0 Å². The summed E-state index contributed by atoms with van der Waals surface area (Å²) in [5, 5.41) is 0. The van der Waals surface area contributed by atoms with Gasteiger partial charge in [-0.25, -0.2) is 9.78 Å². The maximum atomic E-state index is 13.9. The SMILES string of the molecule is CC(C)(C)OC(=O)N1CCCN(c2ccc(CC(=O)c3oc(N4CCC(c5ccccc5)CC4)nc3C(F)(F)F)cn2)CC1. The summed E-state index contributed by atoms with van der Waals surface area (Å²) < 4.78 is 52.8. The molecule has 2 aromatic heterocycles. The second kappa shape index (κ2) is 12.9. The third-order valence-corrected chi connectivity index (χ3v) is 7.82. The third-order valence-electron chi connectivity index (χ3n) is 7.82. The van der Waals surface area contributed by atoms with E-state index in [-0.39, 0.29) is 18.5 Å². The molecule has 44 heavy (non-hydrogen) atoms. The molecule has 2 aliphatic rings. The van der Waals surface area contributed by atoms with Crippen LogP contribution in [0.3, 0.4) is 0 Å². The topological polar surface area (TPSA) is 92.0 Å². The summed E-state index contributed by atoms with van der Waals surface area (Å²) in [4.78, 5) is 39.2. The van der Waals surface area contributed by atoms with E-state index in [4.69, 9.17) is 9.15 Å². The smallest absolute Gasteiger partial charge is 0.437 e. The van der Waals surface area contributed by atoms with Crippen molar-refractivity contribution in [2.24, 2.45) is 0 Å². The van der Waals surface area contributed by atoms with Crippen LogP contribution < -0.4 is 9.80 Å². The van der Waals surface area contributed by atoms with Gasteiger partial charge in [-0.2, -0.15) is 18.2 Å². The quantitative estimate of drug-likeness (QED) is 0.297. The second-order valence-corrected chi connectivity index (χ2v) is 12.3. The summed E-state index contributed by atoms with van der Waals surface area (Å²) in [5.74, 6) is -0.632. The number of hydrogen-bond acceptors (Lipinski definition) is 8. The van der Waals surface area contributed by atoms with Crippen LogP contribution in [0, 0.1) is 0 Å². The fourth-order valence-corrected chi connectivity index (χ4v) is 5.58. The Labute approximate surface area is 255 Å². The highest BCUT2D eigenvalue weighted by molar-refractivity contribution is 5.96. The first-order valence-electron chi connectivity index (χ1n) is 15.0. The van der Waals surface area contributed by atoms with Crippen molar-refractivity contribution in [2.75, 3.05) is 49.1 Å². The van der Waals surface area contributed by atoms with Crippen LogP contribution in [0.4, 0.5) is 29.8 Å². The molecule has 2 aliphatic heterocycles. The Balaban J connectivity index is 1.22. The van der Waals surface area contributed by atoms with Crippen molar-refractivity contribution >= 4 is 23.7 Å². The first-order valence-corrected chi connectivity index (χ1v) is 15.0. The van der Waals surface area contributed by atoms with Gasteiger partial charge in [0.15, 0.2) is 5.69 Å². The number of carbonyl (C=O) groups excluding carboxylic acids is 2. The summed E-state index contributed by atoms with van der Waals surface area (Å²) in [6, 6.07) is 13.2. The normalized spacial score (nSPS) is 17.0. The number of rotatable bonds is 6. The molecule has 0 aliphatic carbocycles. The molecule has 236 valence electrons. The van der Waals surface area contributed by atoms with Crippen LogP contribution in [0.2, 0.25) is 0 Å². The number of nitrogens with zero attached hydrogens (tertiary/aromatic N) is 5. The van der Waals surface area contributed by atoms with Crippen LogP contribution in [0.15, 0.2) is 53.1 Å². The van der Waals surface area contributed by atoms with Gasteiger partial charge in [0.2, 0.25) is 11.5 Å². The summed E-state index contributed by atoms with van der Waals surface area (Å²) in [6.07, 6.45) is -1.81. The van der Waals surface area contributed by atoms with Crippen LogP contribution in [0.1, 0.15) is 73.3 Å². The fourth-order valence-electron chi connectivity index (χ4n) is 5.58. The van der Waals surface area contributed by atoms with Crippen molar-refractivity contribution in [1.82, 2.24) is 14.9 Å². The van der Waals surface area contributed by atoms with Crippen LogP contribution in [-0.2, 0) is 17.3 Å². The van der Waals surface area contributed by atoms with Gasteiger partial charge in [-0.05, 0) is 63.1 Å². The minimum absolute atomic E-state index is 0.178. The molecule has 3 aromatic rings. The lowest BCUT2D eigenvalue weighted by molar-refractivity contribution is -0.141. The molecule has 9 nitrogen and oxygen atoms in total. The minimum Gasteiger partial charge on any atom is -0.444 e. The van der Waals surface area contributed by atoms with Gasteiger partial charge in [0.1, 0.15) is 11.4 Å². The van der Waals surface area contributed by atoms with E-state index in [1.165, 1.54) is 11.8 Å². The zero-order valence-corrected chi connectivity index (χ0v) is 25.3. The van der Waals surface area contributed by atoms with E-state index in [9.17, 15) is 22.8 Å². The zero-order valence-electron chi connectivity index (χ0n) is 25.3. The molecule has 0 N–H and O–H groups in total. The molecular formula is C32H38F3N5O4. The lowest BCUT2D eigenvalue weighted by atomic mass is 9.90. The number of oxazole rings is 1. The van der Waals surface area contributed by atoms with Gasteiger partial charge in [0, 0.05) is 51.9 Å². The van der Waals surface area contributed by atoms with E-state index in [2.05, 4.69) is 22.1 Å². The van der Waals surface area contributed by atoms with Gasteiger partial charge < -0.3 is 23.9 Å². The second-order valence-electron chi connectivity index (χ2n) is 12.3. The Bertz CT molecular complexity index is 1430. The number of halogens is 3. The molecule has 0 spiro atoms. The number of piperidine rings is 1. The van der Waals surface area contributed by atoms with Crippen LogP contribution in [-0.4, -0.2) is 71.6 Å². The predicted octanol–water partition coefficient (Wildman–Crippen LogP) is 6.35. The molecule has 0 saturated carbocycles. The molecule has 12 heteroatoms. The number of anilines is 2. The van der Waals surface area contributed by atoms with Crippen molar-refractivity contribution in [2.45, 2.75) is 64.1 Å². The van der Waals surface area contributed by atoms with Gasteiger partial charge in [0.05, 0.1) is 0 Å². The van der Waals surface area contributed by atoms with E-state index in [1.807, 2.05) is 43.9 Å². The molecule has 0 radical (unpaired) electrons. The summed E-state index contributed by atoms with van der Waals surface area (Å²) in [6.45, 7) is 8.67. The number of amides is 1. The van der Waals surface area contributed by atoms with E-state index in [0.717, 1.165) is 19.3 Å². The van der Waals surface area contributed by atoms with Crippen molar-refractivity contribution in [3.63, 3.8) is 0 Å². The number of ketones is 1. The van der Waals surface area contributed by atoms with Crippen molar-refractivity contribution < 1.29 is 31.9 Å². The molecule has 4 heterocycles. The maximum Gasteiger partial charge on any atom is 0.437 e. The minimum atomic E-state index is -4.84. The Morgan fingerprint density at radius 3 is 2.30 bits per heavy atom. The monoisotopic (exact) mass is 613 g/mol. The molecule has 1 aromatic carbocycles. The molecular weight excluding hydrogens is 575 g/mol. The highest BCUT2D eigenvalue weighted by Gasteiger charge is 2.42. The Hall–Kier alpha value is -4.09. The van der Waals surface area contributed by atoms with Crippen molar-refractivity contribution in [1.29, 1.82) is 0 Å². The van der Waals surface area contributed by atoms with Gasteiger partial charge in [-0.15, -0.1) is 0 Å². The summed E-state index contributed by atoms with van der Waals surface area (Å²) in [5.41, 5.74) is -0.221. The van der Waals surface area contributed by atoms with Crippen LogP contribution in [0.5, 0.6) is 0 Å². The van der Waals surface area contributed by atoms with E-state index >= 15 is 0 Å². The average Bonchev–Trinajstić information content (AvgIpc) is 3.30. The highest BCUT2D eigenvalue weighted by Crippen LogP contribution is 2.36. The number of benzene rings is 1. The highest BCUT2D eigenvalue weighted by atomic mass is 19.4. The number of alkyl halides is 3. The molecule has 0 atom stereocenters. The van der Waals surface area contributed by atoms with Gasteiger partial charge in [0.25, 0.3) is 6.01 Å². The van der Waals surface area contributed by atoms with E-state index in [1.54, 1.807) is 21.9 Å². The van der Waals surface area contributed by atoms with E-state index in [0.29, 0.717) is 56.6 Å². The predicted molar refractivity (Wildman–Crippen MR) is 159 cm³/mol. The molecule has 5 rings (SSSR count). The van der Waals surface area contributed by atoms with Gasteiger partial charge in [-0.1, -0.05) is 36.4 Å².